The van der Waals surface area contributed by atoms with Gasteiger partial charge in [-0.2, -0.15) is 0 Å². The maximum atomic E-state index is 10.9. The van der Waals surface area contributed by atoms with Crippen LogP contribution >= 0.6 is 27.5 Å². The van der Waals surface area contributed by atoms with Gasteiger partial charge >= 0.3 is 0 Å². The first-order valence-electron chi connectivity index (χ1n) is 5.16. The largest absolute Gasteiger partial charge is 0.488 e. The molecule has 0 aliphatic rings. The minimum Gasteiger partial charge on any atom is -0.488 e. The van der Waals surface area contributed by atoms with Crippen molar-refractivity contribution in [2.75, 3.05) is 0 Å². The molecule has 0 unspecified atom stereocenters. The SMILES string of the molecule is O=Cc1cc(Cl)ccc1OCc1cncc(Br)c1. The number of rotatable bonds is 4. The van der Waals surface area contributed by atoms with Gasteiger partial charge in [0.1, 0.15) is 12.4 Å². The minimum absolute atomic E-state index is 0.342. The highest BCUT2D eigenvalue weighted by atomic mass is 79.9. The summed E-state index contributed by atoms with van der Waals surface area (Å²) in [6.45, 7) is 0.342. The van der Waals surface area contributed by atoms with Crippen LogP contribution in [0.3, 0.4) is 0 Å². The molecule has 0 aliphatic carbocycles. The smallest absolute Gasteiger partial charge is 0.153 e. The van der Waals surface area contributed by atoms with Gasteiger partial charge in [-0.3, -0.25) is 9.78 Å². The van der Waals surface area contributed by atoms with Gasteiger partial charge in [0.25, 0.3) is 0 Å². The van der Waals surface area contributed by atoms with Crippen molar-refractivity contribution in [3.05, 3.63) is 57.3 Å². The van der Waals surface area contributed by atoms with E-state index in [-0.39, 0.29) is 0 Å². The lowest BCUT2D eigenvalue weighted by atomic mass is 10.2. The Labute approximate surface area is 118 Å². The van der Waals surface area contributed by atoms with E-state index < -0.39 is 0 Å². The minimum atomic E-state index is 0.342. The third-order valence-electron chi connectivity index (χ3n) is 2.25. The van der Waals surface area contributed by atoms with Crippen LogP contribution in [-0.4, -0.2) is 11.3 Å². The molecule has 3 nitrogen and oxygen atoms in total. The monoisotopic (exact) mass is 325 g/mol. The average molecular weight is 327 g/mol. The Morgan fingerprint density at radius 1 is 1.33 bits per heavy atom. The molecule has 0 radical (unpaired) electrons. The molecule has 0 aliphatic heterocycles. The topological polar surface area (TPSA) is 39.2 Å². The third kappa shape index (κ3) is 3.31. The van der Waals surface area contributed by atoms with Crippen LogP contribution in [0.25, 0.3) is 0 Å². The van der Waals surface area contributed by atoms with E-state index in [0.29, 0.717) is 22.9 Å². The summed E-state index contributed by atoms with van der Waals surface area (Å²) in [6, 6.07) is 6.84. The summed E-state index contributed by atoms with van der Waals surface area (Å²) in [5.41, 5.74) is 1.35. The first kappa shape index (κ1) is 13.1. The first-order valence-corrected chi connectivity index (χ1v) is 6.33. The van der Waals surface area contributed by atoms with Gasteiger partial charge in [0.15, 0.2) is 6.29 Å². The zero-order valence-electron chi connectivity index (χ0n) is 9.27. The average Bonchev–Trinajstić information content (AvgIpc) is 2.37. The Balaban J connectivity index is 2.13. The van der Waals surface area contributed by atoms with Crippen LogP contribution in [0, 0.1) is 0 Å². The lowest BCUT2D eigenvalue weighted by Crippen LogP contribution is -1.98. The van der Waals surface area contributed by atoms with E-state index in [9.17, 15) is 4.79 Å². The second-order valence-corrected chi connectivity index (χ2v) is 4.95. The zero-order chi connectivity index (χ0) is 13.0. The lowest BCUT2D eigenvalue weighted by Gasteiger charge is -2.08. The number of carbonyl (C=O) groups is 1. The zero-order valence-corrected chi connectivity index (χ0v) is 11.6. The molecule has 0 atom stereocenters. The number of pyridine rings is 1. The van der Waals surface area contributed by atoms with Crippen molar-refractivity contribution < 1.29 is 9.53 Å². The first-order chi connectivity index (χ1) is 8.69. The molecular weight excluding hydrogens is 318 g/mol. The summed E-state index contributed by atoms with van der Waals surface area (Å²) in [7, 11) is 0. The van der Waals surface area contributed by atoms with Crippen LogP contribution < -0.4 is 4.74 Å². The Hall–Kier alpha value is -1.39. The Kier molecular flexibility index (Phi) is 4.33. The molecule has 0 fully saturated rings. The highest BCUT2D eigenvalue weighted by Gasteiger charge is 2.04. The predicted octanol–water partition coefficient (Wildman–Crippen LogP) is 3.89. The van der Waals surface area contributed by atoms with Gasteiger partial charge in [0.05, 0.1) is 5.56 Å². The van der Waals surface area contributed by atoms with Crippen LogP contribution in [-0.2, 0) is 6.61 Å². The standard InChI is InChI=1S/C13H9BrClNO2/c14-11-3-9(5-16-6-11)8-18-13-2-1-12(15)4-10(13)7-17/h1-7H,8H2. The van der Waals surface area contributed by atoms with Crippen LogP contribution in [0.4, 0.5) is 0 Å². The number of aromatic nitrogens is 1. The molecule has 0 saturated carbocycles. The number of carbonyl (C=O) groups excluding carboxylic acids is 1. The van der Waals surface area contributed by atoms with E-state index >= 15 is 0 Å². The fourth-order valence-corrected chi connectivity index (χ4v) is 2.03. The van der Waals surface area contributed by atoms with Crippen LogP contribution in [0.5, 0.6) is 5.75 Å². The molecule has 0 amide bonds. The van der Waals surface area contributed by atoms with Crippen molar-refractivity contribution in [1.29, 1.82) is 0 Å². The Morgan fingerprint density at radius 3 is 2.89 bits per heavy atom. The van der Waals surface area contributed by atoms with Gasteiger partial charge in [0, 0.05) is 27.5 Å². The van der Waals surface area contributed by atoms with Crippen LogP contribution in [0.15, 0.2) is 41.1 Å². The van der Waals surface area contributed by atoms with Gasteiger partial charge in [0.2, 0.25) is 0 Å². The highest BCUT2D eigenvalue weighted by molar-refractivity contribution is 9.10. The second-order valence-electron chi connectivity index (χ2n) is 3.60. The Morgan fingerprint density at radius 2 is 2.17 bits per heavy atom. The normalized spacial score (nSPS) is 10.1. The van der Waals surface area contributed by atoms with Gasteiger partial charge < -0.3 is 4.74 Å². The molecule has 5 heteroatoms. The molecule has 2 rings (SSSR count). The van der Waals surface area contributed by atoms with E-state index in [2.05, 4.69) is 20.9 Å². The lowest BCUT2D eigenvalue weighted by molar-refractivity contribution is 0.111. The van der Waals surface area contributed by atoms with Crippen molar-refractivity contribution >= 4 is 33.8 Å². The second kappa shape index (κ2) is 5.98. The predicted molar refractivity (Wildman–Crippen MR) is 73.1 cm³/mol. The fraction of sp³-hybridized carbons (Fsp3) is 0.0769. The van der Waals surface area contributed by atoms with Crippen molar-refractivity contribution in [1.82, 2.24) is 4.98 Å². The number of hydrogen-bond acceptors (Lipinski definition) is 3. The van der Waals surface area contributed by atoms with E-state index in [1.807, 2.05) is 6.07 Å². The fourth-order valence-electron chi connectivity index (χ4n) is 1.44. The molecule has 2 aromatic rings. The number of benzene rings is 1. The molecule has 92 valence electrons. The number of aldehydes is 1. The molecule has 1 heterocycles. The molecule has 0 bridgehead atoms. The number of nitrogens with zero attached hydrogens (tertiary/aromatic N) is 1. The summed E-state index contributed by atoms with van der Waals surface area (Å²) in [6.07, 6.45) is 4.13. The molecule has 0 saturated heterocycles. The molecule has 18 heavy (non-hydrogen) atoms. The number of hydrogen-bond donors (Lipinski definition) is 0. The van der Waals surface area contributed by atoms with Gasteiger partial charge in [-0.15, -0.1) is 0 Å². The summed E-state index contributed by atoms with van der Waals surface area (Å²) < 4.78 is 6.46. The quantitative estimate of drug-likeness (QED) is 0.800. The summed E-state index contributed by atoms with van der Waals surface area (Å²) in [4.78, 5) is 14.9. The van der Waals surface area contributed by atoms with Gasteiger partial charge in [-0.1, -0.05) is 11.6 Å². The van der Waals surface area contributed by atoms with Crippen molar-refractivity contribution in [3.8, 4) is 5.75 Å². The number of halogens is 2. The maximum Gasteiger partial charge on any atom is 0.153 e. The van der Waals surface area contributed by atoms with E-state index in [1.54, 1.807) is 30.6 Å². The molecule has 0 spiro atoms. The summed E-state index contributed by atoms with van der Waals surface area (Å²) in [5, 5.41) is 0.508. The van der Waals surface area contributed by atoms with Crippen LogP contribution in [0.2, 0.25) is 5.02 Å². The summed E-state index contributed by atoms with van der Waals surface area (Å²) >= 11 is 9.14. The molecule has 1 aromatic carbocycles. The molecule has 1 aromatic heterocycles. The molecule has 0 N–H and O–H groups in total. The van der Waals surface area contributed by atoms with Gasteiger partial charge in [-0.05, 0) is 40.2 Å². The molecular formula is C13H9BrClNO2. The third-order valence-corrected chi connectivity index (χ3v) is 2.92. The Bertz CT molecular complexity index is 575. The van der Waals surface area contributed by atoms with Crippen LogP contribution in [0.1, 0.15) is 15.9 Å². The van der Waals surface area contributed by atoms with Crippen molar-refractivity contribution in [2.45, 2.75) is 6.61 Å². The number of ether oxygens (including phenoxy) is 1. The highest BCUT2D eigenvalue weighted by Crippen LogP contribution is 2.22. The van der Waals surface area contributed by atoms with E-state index in [1.165, 1.54) is 0 Å². The van der Waals surface area contributed by atoms with Crippen molar-refractivity contribution in [2.24, 2.45) is 0 Å². The maximum absolute atomic E-state index is 10.9. The van der Waals surface area contributed by atoms with Gasteiger partial charge in [-0.25, -0.2) is 0 Å². The van der Waals surface area contributed by atoms with E-state index in [0.717, 1.165) is 16.3 Å². The summed E-state index contributed by atoms with van der Waals surface area (Å²) in [5.74, 6) is 0.509. The van der Waals surface area contributed by atoms with E-state index in [4.69, 9.17) is 16.3 Å². The van der Waals surface area contributed by atoms with Crippen molar-refractivity contribution in [3.63, 3.8) is 0 Å².